The maximum absolute atomic E-state index is 13.1. The number of fused-ring (bicyclic) bond motifs is 1. The first-order valence-electron chi connectivity index (χ1n) is 8.71. The van der Waals surface area contributed by atoms with Gasteiger partial charge in [-0.3, -0.25) is 38.2 Å². The predicted octanol–water partition coefficient (Wildman–Crippen LogP) is -2.41. The molecule has 0 aromatic carbocycles. The van der Waals surface area contributed by atoms with Crippen LogP contribution in [0.1, 0.15) is 0 Å². The van der Waals surface area contributed by atoms with E-state index >= 15 is 0 Å². The molecule has 2 saturated heterocycles. The third-order valence-electron chi connectivity index (χ3n) is 5.72. The van der Waals surface area contributed by atoms with Crippen LogP contribution < -0.4 is 16.1 Å². The zero-order valence-electron chi connectivity index (χ0n) is 17.0. The Kier molecular flexibility index (Phi) is 3.58. The molecule has 1 atom stereocenters. The number of carbonyl (C=O) groups is 4. The molecule has 14 nitrogen and oxygen atoms in total. The van der Waals surface area contributed by atoms with Crippen molar-refractivity contribution in [3.8, 4) is 0 Å². The summed E-state index contributed by atoms with van der Waals surface area (Å²) >= 11 is 0. The lowest BCUT2D eigenvalue weighted by molar-refractivity contribution is -0.143. The number of likely N-dealkylation sites (N-methyl/N-ethyl adjacent to an activating group) is 3. The zero-order chi connectivity index (χ0) is 22.4. The minimum atomic E-state index is -2.32. The van der Waals surface area contributed by atoms with Crippen LogP contribution in [-0.4, -0.2) is 84.1 Å². The maximum atomic E-state index is 13.1. The molecule has 4 heterocycles. The monoisotopic (exact) mass is 418 g/mol. The second-order valence-corrected chi connectivity index (χ2v) is 7.21. The number of aryl methyl sites for hydroxylation is 2. The van der Waals surface area contributed by atoms with Gasteiger partial charge in [-0.05, 0) is 0 Å². The summed E-state index contributed by atoms with van der Waals surface area (Å²) in [7, 11) is 7.68. The van der Waals surface area contributed by atoms with Crippen molar-refractivity contribution in [2.24, 2.45) is 21.1 Å². The van der Waals surface area contributed by atoms with Crippen LogP contribution in [0.4, 0.5) is 15.5 Å². The molecule has 2 aliphatic rings. The van der Waals surface area contributed by atoms with E-state index in [1.54, 1.807) is 0 Å². The average molecular weight is 418 g/mol. The molecule has 0 N–H and O–H groups in total. The molecule has 4 rings (SSSR count). The second-order valence-electron chi connectivity index (χ2n) is 7.21. The Labute approximate surface area is 168 Å². The number of imidazole rings is 1. The summed E-state index contributed by atoms with van der Waals surface area (Å²) in [6.45, 7) is 0. The van der Waals surface area contributed by atoms with Gasteiger partial charge in [-0.15, -0.1) is 0 Å². The van der Waals surface area contributed by atoms with E-state index in [0.717, 1.165) is 23.8 Å². The SMILES string of the molecule is CN1C(=O)N(C)C2(C1=O)C(=O)N(C)C(=O)N2c1nc2c(c(=O)n(C)c(=O)n2C)n1C. The van der Waals surface area contributed by atoms with Gasteiger partial charge in [0.2, 0.25) is 5.95 Å². The Balaban J connectivity index is 2.11. The highest BCUT2D eigenvalue weighted by Gasteiger charge is 2.72. The number of rotatable bonds is 1. The number of nitrogens with zero attached hydrogens (tertiary/aromatic N) is 8. The number of carbonyl (C=O) groups excluding carboxylic acids is 4. The van der Waals surface area contributed by atoms with Crippen LogP contribution in [0.25, 0.3) is 11.2 Å². The van der Waals surface area contributed by atoms with Crippen LogP contribution in [0.15, 0.2) is 9.59 Å². The normalized spacial score (nSPS) is 22.1. The molecule has 6 amide bonds. The lowest BCUT2D eigenvalue weighted by Gasteiger charge is -2.32. The molecular weight excluding hydrogens is 400 g/mol. The fourth-order valence-electron chi connectivity index (χ4n) is 3.95. The van der Waals surface area contributed by atoms with Crippen molar-refractivity contribution in [1.29, 1.82) is 0 Å². The fourth-order valence-corrected chi connectivity index (χ4v) is 3.95. The van der Waals surface area contributed by atoms with Crippen LogP contribution in [0.2, 0.25) is 0 Å². The van der Waals surface area contributed by atoms with E-state index in [4.69, 9.17) is 0 Å². The molecule has 0 bridgehead atoms. The minimum absolute atomic E-state index is 0.0210. The van der Waals surface area contributed by atoms with Crippen molar-refractivity contribution < 1.29 is 19.2 Å². The minimum Gasteiger partial charge on any atom is -0.307 e. The number of hydrogen-bond donors (Lipinski definition) is 0. The molecule has 0 saturated carbocycles. The summed E-state index contributed by atoms with van der Waals surface area (Å²) in [5, 5.41) is 0. The van der Waals surface area contributed by atoms with Gasteiger partial charge in [-0.1, -0.05) is 0 Å². The van der Waals surface area contributed by atoms with Gasteiger partial charge in [-0.25, -0.2) is 19.3 Å². The molecule has 30 heavy (non-hydrogen) atoms. The van der Waals surface area contributed by atoms with E-state index in [2.05, 4.69) is 4.98 Å². The molecule has 0 aliphatic carbocycles. The molecule has 158 valence electrons. The van der Waals surface area contributed by atoms with Crippen molar-refractivity contribution in [2.75, 3.05) is 26.0 Å². The van der Waals surface area contributed by atoms with Gasteiger partial charge in [0.15, 0.2) is 11.2 Å². The number of aromatic nitrogens is 4. The highest BCUT2D eigenvalue weighted by Crippen LogP contribution is 2.40. The van der Waals surface area contributed by atoms with E-state index in [9.17, 15) is 28.8 Å². The topological polar surface area (TPSA) is 143 Å². The molecule has 1 unspecified atom stereocenters. The number of imide groups is 2. The van der Waals surface area contributed by atoms with Crippen molar-refractivity contribution in [3.63, 3.8) is 0 Å². The Bertz CT molecular complexity index is 1310. The average Bonchev–Trinajstić information content (AvgIpc) is 3.21. The first-order valence-corrected chi connectivity index (χ1v) is 8.71. The first kappa shape index (κ1) is 19.4. The third kappa shape index (κ3) is 1.80. The largest absolute Gasteiger partial charge is 0.336 e. The van der Waals surface area contributed by atoms with Gasteiger partial charge in [0.1, 0.15) is 0 Å². The van der Waals surface area contributed by atoms with Gasteiger partial charge in [0.05, 0.1) is 0 Å². The molecule has 2 fully saturated rings. The Morgan fingerprint density at radius 2 is 1.23 bits per heavy atom. The van der Waals surface area contributed by atoms with Crippen LogP contribution in [0, 0.1) is 0 Å². The smallest absolute Gasteiger partial charge is 0.307 e. The van der Waals surface area contributed by atoms with Crippen molar-refractivity contribution in [3.05, 3.63) is 20.8 Å². The van der Waals surface area contributed by atoms with Crippen LogP contribution in [-0.2, 0) is 30.7 Å². The summed E-state index contributed by atoms with van der Waals surface area (Å²) in [6, 6.07) is -1.70. The van der Waals surface area contributed by atoms with E-state index in [0.29, 0.717) is 4.90 Å². The number of urea groups is 2. The zero-order valence-corrected chi connectivity index (χ0v) is 17.0. The van der Waals surface area contributed by atoms with Gasteiger partial charge in [0, 0.05) is 42.3 Å². The number of anilines is 1. The molecular formula is C16H18N8O6. The quantitative estimate of drug-likeness (QED) is 0.371. The highest BCUT2D eigenvalue weighted by molar-refractivity contribution is 6.31. The van der Waals surface area contributed by atoms with E-state index in [-0.39, 0.29) is 17.1 Å². The lowest BCUT2D eigenvalue weighted by Crippen LogP contribution is -2.63. The standard InChI is InChI=1S/C16H18N8O6/c1-18-7-8(19(2)13(28)20(3)9(7)25)17-12(18)24-15(30)22(5)11(27)16(24)10(26)21(4)14(29)23(16)6/h1-6H3. The predicted molar refractivity (Wildman–Crippen MR) is 101 cm³/mol. The number of amides is 6. The van der Waals surface area contributed by atoms with E-state index < -0.39 is 40.8 Å². The molecule has 2 aliphatic heterocycles. The molecule has 2 aromatic rings. The highest BCUT2D eigenvalue weighted by atomic mass is 16.2. The lowest BCUT2D eigenvalue weighted by atomic mass is 10.1. The third-order valence-corrected chi connectivity index (χ3v) is 5.72. The molecule has 2 aromatic heterocycles. The Morgan fingerprint density at radius 3 is 1.77 bits per heavy atom. The molecule has 1 spiro atoms. The number of hydrogen-bond acceptors (Lipinski definition) is 7. The molecule has 14 heteroatoms. The summed E-state index contributed by atoms with van der Waals surface area (Å²) in [6.07, 6.45) is 0. The van der Waals surface area contributed by atoms with Crippen LogP contribution in [0.3, 0.4) is 0 Å². The maximum Gasteiger partial charge on any atom is 0.336 e. The van der Waals surface area contributed by atoms with Gasteiger partial charge in [-0.2, -0.15) is 4.98 Å². The summed E-state index contributed by atoms with van der Waals surface area (Å²) in [5.41, 5.74) is -3.70. The Hall–Kier alpha value is -3.97. The van der Waals surface area contributed by atoms with Gasteiger partial charge < -0.3 is 4.57 Å². The fraction of sp³-hybridized carbons (Fsp3) is 0.438. The van der Waals surface area contributed by atoms with Crippen LogP contribution in [0.5, 0.6) is 0 Å². The van der Waals surface area contributed by atoms with E-state index in [1.807, 2.05) is 0 Å². The van der Waals surface area contributed by atoms with Gasteiger partial charge in [0.25, 0.3) is 23.0 Å². The Morgan fingerprint density at radius 1 is 0.700 bits per heavy atom. The first-order chi connectivity index (χ1) is 13.9. The summed E-state index contributed by atoms with van der Waals surface area (Å²) in [4.78, 5) is 83.9. The van der Waals surface area contributed by atoms with Gasteiger partial charge >= 0.3 is 17.8 Å². The van der Waals surface area contributed by atoms with Crippen molar-refractivity contribution in [1.82, 2.24) is 33.4 Å². The molecule has 0 radical (unpaired) electrons. The second kappa shape index (κ2) is 5.55. The van der Waals surface area contributed by atoms with E-state index in [1.165, 1.54) is 46.9 Å². The summed E-state index contributed by atoms with van der Waals surface area (Å²) < 4.78 is 3.19. The van der Waals surface area contributed by atoms with Crippen molar-refractivity contribution in [2.45, 2.75) is 5.66 Å². The van der Waals surface area contributed by atoms with Crippen LogP contribution >= 0.6 is 0 Å². The summed E-state index contributed by atoms with van der Waals surface area (Å²) in [5.74, 6) is -2.12. The van der Waals surface area contributed by atoms with Crippen molar-refractivity contribution >= 4 is 41.0 Å².